The summed E-state index contributed by atoms with van der Waals surface area (Å²) in [5.74, 6) is -1.01. The molecule has 1 unspecified atom stereocenters. The highest BCUT2D eigenvalue weighted by atomic mass is 16.5. The molecule has 0 aromatic rings. The number of carboxylic acid groups (broad SMARTS) is 1. The third kappa shape index (κ3) is 3.95. The molecule has 120 valence electrons. The maximum Gasteiger partial charge on any atom is 0.329 e. The Hall–Kier alpha value is -1.14. The van der Waals surface area contributed by atoms with E-state index in [2.05, 4.69) is 5.32 Å². The molecule has 1 atom stereocenters. The Kier molecular flexibility index (Phi) is 5.58. The van der Waals surface area contributed by atoms with E-state index in [4.69, 9.17) is 4.74 Å². The number of carbonyl (C=O) groups excluding carboxylic acids is 1. The molecule has 2 aliphatic heterocycles. The molecule has 0 radical (unpaired) electrons. The summed E-state index contributed by atoms with van der Waals surface area (Å²) >= 11 is 0. The molecular weight excluding hydrogens is 272 g/mol. The fourth-order valence-electron chi connectivity index (χ4n) is 3.15. The number of hydrogen-bond donors (Lipinski definition) is 2. The maximum atomic E-state index is 12.3. The lowest BCUT2D eigenvalue weighted by molar-refractivity contribution is -0.161. The maximum absolute atomic E-state index is 12.3. The normalized spacial score (nSPS) is 27.6. The third-order valence-corrected chi connectivity index (χ3v) is 4.61. The van der Waals surface area contributed by atoms with Crippen LogP contribution in [0.5, 0.6) is 0 Å². The van der Waals surface area contributed by atoms with Crippen LogP contribution in [-0.4, -0.2) is 59.8 Å². The van der Waals surface area contributed by atoms with Crippen molar-refractivity contribution in [1.29, 1.82) is 0 Å². The Labute approximate surface area is 125 Å². The summed E-state index contributed by atoms with van der Waals surface area (Å²) in [4.78, 5) is 25.3. The van der Waals surface area contributed by atoms with Crippen LogP contribution in [0, 0.1) is 0 Å². The fraction of sp³-hybridized carbons (Fsp3) is 0.867. The molecule has 0 spiro atoms. The van der Waals surface area contributed by atoms with Crippen LogP contribution in [0.4, 0.5) is 0 Å². The number of ether oxygens (including phenoxy) is 1. The summed E-state index contributed by atoms with van der Waals surface area (Å²) in [5, 5.41) is 12.7. The molecule has 6 nitrogen and oxygen atoms in total. The van der Waals surface area contributed by atoms with Crippen LogP contribution in [0.25, 0.3) is 0 Å². The van der Waals surface area contributed by atoms with E-state index in [-0.39, 0.29) is 18.4 Å². The molecule has 6 heteroatoms. The molecule has 2 heterocycles. The zero-order chi connectivity index (χ0) is 15.3. The first-order chi connectivity index (χ1) is 10.0. The molecule has 2 aliphatic rings. The average Bonchev–Trinajstić information content (AvgIpc) is 2.48. The van der Waals surface area contributed by atoms with Gasteiger partial charge in [0.05, 0.1) is 19.1 Å². The van der Waals surface area contributed by atoms with Crippen LogP contribution in [-0.2, 0) is 14.3 Å². The second-order valence-electron chi connectivity index (χ2n) is 6.15. The molecule has 2 saturated heterocycles. The standard InChI is InChI=1S/C15H26N2O4/c1-15(14(19)20)7-2-3-10-17(15)13(18)6-11-21-12-4-8-16-9-5-12/h12,16H,2-11H2,1H3,(H,19,20). The van der Waals surface area contributed by atoms with Crippen LogP contribution in [0.1, 0.15) is 45.4 Å². The average molecular weight is 298 g/mol. The lowest BCUT2D eigenvalue weighted by atomic mass is 9.88. The van der Waals surface area contributed by atoms with Crippen molar-refractivity contribution >= 4 is 11.9 Å². The molecule has 2 N–H and O–H groups in total. The van der Waals surface area contributed by atoms with Gasteiger partial charge in [0.2, 0.25) is 5.91 Å². The van der Waals surface area contributed by atoms with Gasteiger partial charge in [0.25, 0.3) is 0 Å². The lowest BCUT2D eigenvalue weighted by Crippen LogP contribution is -2.57. The van der Waals surface area contributed by atoms with Crippen LogP contribution in [0.2, 0.25) is 0 Å². The van der Waals surface area contributed by atoms with Crippen LogP contribution >= 0.6 is 0 Å². The Morgan fingerprint density at radius 2 is 2.05 bits per heavy atom. The minimum atomic E-state index is -1.05. The Balaban J connectivity index is 1.82. The first-order valence-electron chi connectivity index (χ1n) is 7.90. The molecular formula is C15H26N2O4. The number of likely N-dealkylation sites (tertiary alicyclic amines) is 1. The van der Waals surface area contributed by atoms with Gasteiger partial charge in [-0.05, 0) is 52.1 Å². The molecule has 2 fully saturated rings. The number of rotatable bonds is 5. The highest BCUT2D eigenvalue weighted by Gasteiger charge is 2.43. The predicted molar refractivity (Wildman–Crippen MR) is 78.1 cm³/mol. The summed E-state index contributed by atoms with van der Waals surface area (Å²) < 4.78 is 5.74. The monoisotopic (exact) mass is 298 g/mol. The summed E-state index contributed by atoms with van der Waals surface area (Å²) in [7, 11) is 0. The summed E-state index contributed by atoms with van der Waals surface area (Å²) in [6.07, 6.45) is 4.72. The van der Waals surface area contributed by atoms with Crippen LogP contribution < -0.4 is 5.32 Å². The van der Waals surface area contributed by atoms with Crippen molar-refractivity contribution < 1.29 is 19.4 Å². The molecule has 0 bridgehead atoms. The minimum Gasteiger partial charge on any atom is -0.480 e. The van der Waals surface area contributed by atoms with Gasteiger partial charge in [-0.15, -0.1) is 0 Å². The van der Waals surface area contributed by atoms with E-state index in [1.165, 1.54) is 4.90 Å². The zero-order valence-corrected chi connectivity index (χ0v) is 12.8. The number of piperidine rings is 2. The fourth-order valence-corrected chi connectivity index (χ4v) is 3.15. The molecule has 0 aliphatic carbocycles. The van der Waals surface area contributed by atoms with Gasteiger partial charge in [-0.3, -0.25) is 4.79 Å². The predicted octanol–water partition coefficient (Wildman–Crippen LogP) is 1.00. The number of nitrogens with one attached hydrogen (secondary N) is 1. The third-order valence-electron chi connectivity index (χ3n) is 4.61. The Bertz CT molecular complexity index is 382. The number of carboxylic acids is 1. The van der Waals surface area contributed by atoms with Crippen molar-refractivity contribution in [2.24, 2.45) is 0 Å². The second-order valence-corrected chi connectivity index (χ2v) is 6.15. The summed E-state index contributed by atoms with van der Waals surface area (Å²) in [6, 6.07) is 0. The van der Waals surface area contributed by atoms with Crippen LogP contribution in [0.15, 0.2) is 0 Å². The van der Waals surface area contributed by atoms with Crippen molar-refractivity contribution in [3.05, 3.63) is 0 Å². The minimum absolute atomic E-state index is 0.103. The smallest absolute Gasteiger partial charge is 0.329 e. The highest BCUT2D eigenvalue weighted by molar-refractivity contribution is 5.87. The Morgan fingerprint density at radius 3 is 2.71 bits per heavy atom. The number of hydrogen-bond acceptors (Lipinski definition) is 4. The topological polar surface area (TPSA) is 78.9 Å². The number of aliphatic carboxylic acids is 1. The van der Waals surface area contributed by atoms with E-state index in [0.717, 1.165) is 38.8 Å². The van der Waals surface area contributed by atoms with Gasteiger partial charge in [0.1, 0.15) is 5.54 Å². The van der Waals surface area contributed by atoms with Gasteiger partial charge in [-0.25, -0.2) is 4.79 Å². The van der Waals surface area contributed by atoms with Gasteiger partial charge in [-0.2, -0.15) is 0 Å². The molecule has 0 aromatic heterocycles. The van der Waals surface area contributed by atoms with Gasteiger partial charge in [0.15, 0.2) is 0 Å². The van der Waals surface area contributed by atoms with Crippen molar-refractivity contribution in [2.75, 3.05) is 26.2 Å². The van der Waals surface area contributed by atoms with Crippen molar-refractivity contribution in [1.82, 2.24) is 10.2 Å². The number of amides is 1. The first-order valence-corrected chi connectivity index (χ1v) is 7.90. The highest BCUT2D eigenvalue weighted by Crippen LogP contribution is 2.28. The Morgan fingerprint density at radius 1 is 1.33 bits per heavy atom. The van der Waals surface area contributed by atoms with Gasteiger partial charge >= 0.3 is 5.97 Å². The molecule has 0 aromatic carbocycles. The van der Waals surface area contributed by atoms with E-state index in [0.29, 0.717) is 19.6 Å². The van der Waals surface area contributed by atoms with E-state index >= 15 is 0 Å². The lowest BCUT2D eigenvalue weighted by Gasteiger charge is -2.41. The second kappa shape index (κ2) is 7.22. The van der Waals surface area contributed by atoms with E-state index in [1.807, 2.05) is 0 Å². The molecule has 2 rings (SSSR count). The van der Waals surface area contributed by atoms with Gasteiger partial charge in [-0.1, -0.05) is 0 Å². The SMILES string of the molecule is CC1(C(=O)O)CCCCN1C(=O)CCOC1CCNCC1. The van der Waals surface area contributed by atoms with Gasteiger partial charge < -0.3 is 20.1 Å². The first kappa shape index (κ1) is 16.2. The van der Waals surface area contributed by atoms with E-state index in [1.54, 1.807) is 6.92 Å². The molecule has 1 amide bonds. The largest absolute Gasteiger partial charge is 0.480 e. The van der Waals surface area contributed by atoms with Crippen molar-refractivity contribution in [3.8, 4) is 0 Å². The molecule has 21 heavy (non-hydrogen) atoms. The van der Waals surface area contributed by atoms with Crippen LogP contribution in [0.3, 0.4) is 0 Å². The summed E-state index contributed by atoms with van der Waals surface area (Å²) in [6.45, 7) is 4.49. The molecule has 0 saturated carbocycles. The quantitative estimate of drug-likeness (QED) is 0.791. The number of carbonyl (C=O) groups is 2. The van der Waals surface area contributed by atoms with E-state index < -0.39 is 11.5 Å². The van der Waals surface area contributed by atoms with E-state index in [9.17, 15) is 14.7 Å². The number of nitrogens with zero attached hydrogens (tertiary/aromatic N) is 1. The zero-order valence-electron chi connectivity index (χ0n) is 12.8. The van der Waals surface area contributed by atoms with Crippen molar-refractivity contribution in [2.45, 2.75) is 57.1 Å². The van der Waals surface area contributed by atoms with Crippen molar-refractivity contribution in [3.63, 3.8) is 0 Å². The summed E-state index contributed by atoms with van der Waals surface area (Å²) in [5.41, 5.74) is -1.05. The van der Waals surface area contributed by atoms with Gasteiger partial charge in [0, 0.05) is 6.54 Å².